The van der Waals surface area contributed by atoms with Crippen LogP contribution in [0.3, 0.4) is 0 Å². The van der Waals surface area contributed by atoms with Crippen molar-refractivity contribution in [1.29, 1.82) is 0 Å². The summed E-state index contributed by atoms with van der Waals surface area (Å²) < 4.78 is 10.8. The molecule has 1 aromatic carbocycles. The summed E-state index contributed by atoms with van der Waals surface area (Å²) in [4.78, 5) is 13.5. The Kier molecular flexibility index (Phi) is 5.61. The van der Waals surface area contributed by atoms with E-state index in [4.69, 9.17) is 9.47 Å². The summed E-state index contributed by atoms with van der Waals surface area (Å²) in [7, 11) is 1.42. The highest BCUT2D eigenvalue weighted by atomic mass is 16.6. The number of benzene rings is 1. The highest BCUT2D eigenvalue weighted by molar-refractivity contribution is 5.90. The van der Waals surface area contributed by atoms with Crippen molar-refractivity contribution in [2.45, 2.75) is 32.7 Å². The molecule has 2 aliphatic heterocycles. The molecule has 1 fully saturated rings. The average Bonchev–Trinajstić information content (AvgIpc) is 3.04. The van der Waals surface area contributed by atoms with Crippen LogP contribution < -0.4 is 14.9 Å². The van der Waals surface area contributed by atoms with Crippen LogP contribution in [0.1, 0.15) is 38.3 Å². The highest BCUT2D eigenvalue weighted by Gasteiger charge is 2.38. The van der Waals surface area contributed by atoms with Crippen LogP contribution in [0.4, 0.5) is 5.69 Å². The van der Waals surface area contributed by atoms with Gasteiger partial charge in [0.1, 0.15) is 0 Å². The molecule has 2 unspecified atom stereocenters. The van der Waals surface area contributed by atoms with Gasteiger partial charge in [-0.15, -0.1) is 0 Å². The normalized spacial score (nSPS) is 22.3. The number of hydrogen-bond acceptors (Lipinski definition) is 7. The van der Waals surface area contributed by atoms with Gasteiger partial charge in [-0.05, 0) is 31.5 Å². The van der Waals surface area contributed by atoms with Crippen molar-refractivity contribution >= 4 is 11.4 Å². The first-order valence-electron chi connectivity index (χ1n) is 9.12. The summed E-state index contributed by atoms with van der Waals surface area (Å²) in [6.07, 6.45) is 2.05. The minimum absolute atomic E-state index is 0.0788. The Bertz CT molecular complexity index is 707. The first-order chi connectivity index (χ1) is 12.6. The summed E-state index contributed by atoms with van der Waals surface area (Å²) in [6.45, 7) is 7.42. The lowest BCUT2D eigenvalue weighted by atomic mass is 9.86. The molecule has 26 heavy (non-hydrogen) atoms. The van der Waals surface area contributed by atoms with Gasteiger partial charge in [-0.1, -0.05) is 6.92 Å². The van der Waals surface area contributed by atoms with E-state index in [1.54, 1.807) is 6.07 Å². The maximum Gasteiger partial charge on any atom is 0.315 e. The molecule has 1 saturated heterocycles. The standard InChI is InChI=1S/C18H26N4O4/c1-4-7-21-8-6-14-13(11-21)17(20-19-14)12-9-15(22(23)24)18(25-3)16(10-12)26-5-2/h9-10,13,17,20H,4-8,11H2,1-3H3. The molecule has 8 heteroatoms. The molecule has 1 N–H and O–H groups in total. The van der Waals surface area contributed by atoms with Crippen molar-refractivity contribution < 1.29 is 14.4 Å². The third-order valence-corrected chi connectivity index (χ3v) is 4.97. The molecule has 0 radical (unpaired) electrons. The van der Waals surface area contributed by atoms with E-state index in [-0.39, 0.29) is 23.4 Å². The van der Waals surface area contributed by atoms with Crippen LogP contribution in [-0.2, 0) is 0 Å². The highest BCUT2D eigenvalue weighted by Crippen LogP contribution is 2.42. The fourth-order valence-corrected chi connectivity index (χ4v) is 3.83. The smallest absolute Gasteiger partial charge is 0.315 e. The van der Waals surface area contributed by atoms with Crippen LogP contribution in [0, 0.1) is 16.0 Å². The van der Waals surface area contributed by atoms with E-state index in [1.165, 1.54) is 7.11 Å². The third kappa shape index (κ3) is 3.46. The van der Waals surface area contributed by atoms with Gasteiger partial charge in [-0.25, -0.2) is 0 Å². The molecule has 2 atom stereocenters. The minimum Gasteiger partial charge on any atom is -0.490 e. The predicted molar refractivity (Wildman–Crippen MR) is 99.0 cm³/mol. The number of rotatable bonds is 7. The lowest BCUT2D eigenvalue weighted by molar-refractivity contribution is -0.385. The first kappa shape index (κ1) is 18.4. The minimum atomic E-state index is -0.425. The van der Waals surface area contributed by atoms with E-state index in [0.717, 1.165) is 43.8 Å². The summed E-state index contributed by atoms with van der Waals surface area (Å²) in [5.74, 6) is 0.782. The summed E-state index contributed by atoms with van der Waals surface area (Å²) in [5.41, 5.74) is 5.07. The quantitative estimate of drug-likeness (QED) is 0.593. The second-order valence-electron chi connectivity index (χ2n) is 6.63. The van der Waals surface area contributed by atoms with Gasteiger partial charge in [0.2, 0.25) is 5.75 Å². The number of likely N-dealkylation sites (tertiary alicyclic amines) is 1. The van der Waals surface area contributed by atoms with E-state index in [0.29, 0.717) is 12.4 Å². The van der Waals surface area contributed by atoms with Gasteiger partial charge in [-0.3, -0.25) is 10.1 Å². The second kappa shape index (κ2) is 7.90. The molecule has 0 aliphatic carbocycles. The molecule has 0 spiro atoms. The number of fused-ring (bicyclic) bond motifs is 1. The lowest BCUT2D eigenvalue weighted by Gasteiger charge is -2.33. The Balaban J connectivity index is 1.94. The molecular formula is C18H26N4O4. The van der Waals surface area contributed by atoms with Gasteiger partial charge in [0, 0.05) is 37.2 Å². The molecule has 8 nitrogen and oxygen atoms in total. The molecule has 0 bridgehead atoms. The number of ether oxygens (including phenoxy) is 2. The molecule has 1 aromatic rings. The number of methoxy groups -OCH3 is 1. The summed E-state index contributed by atoms with van der Waals surface area (Å²) in [6, 6.07) is 3.33. The van der Waals surface area contributed by atoms with E-state index in [1.807, 2.05) is 13.0 Å². The van der Waals surface area contributed by atoms with Crippen LogP contribution in [0.2, 0.25) is 0 Å². The monoisotopic (exact) mass is 362 g/mol. The zero-order chi connectivity index (χ0) is 18.7. The Morgan fingerprint density at radius 1 is 1.42 bits per heavy atom. The van der Waals surface area contributed by atoms with E-state index in [2.05, 4.69) is 22.4 Å². The van der Waals surface area contributed by atoms with E-state index >= 15 is 0 Å². The fraction of sp³-hybridized carbons (Fsp3) is 0.611. The third-order valence-electron chi connectivity index (χ3n) is 4.97. The fourth-order valence-electron chi connectivity index (χ4n) is 3.83. The SMILES string of the molecule is CCCN1CCC2=NNC(c3cc(OCC)c(OC)c([N+](=O)[O-])c3)C2C1. The molecular weight excluding hydrogens is 336 g/mol. The van der Waals surface area contributed by atoms with Crippen molar-refractivity contribution in [3.05, 3.63) is 27.8 Å². The maximum atomic E-state index is 11.5. The van der Waals surface area contributed by atoms with Crippen molar-refractivity contribution in [2.24, 2.45) is 11.0 Å². The van der Waals surface area contributed by atoms with Crippen molar-refractivity contribution in [2.75, 3.05) is 33.4 Å². The lowest BCUT2D eigenvalue weighted by Crippen LogP contribution is -2.42. The predicted octanol–water partition coefficient (Wildman–Crippen LogP) is 2.73. The van der Waals surface area contributed by atoms with E-state index < -0.39 is 4.92 Å². The van der Waals surface area contributed by atoms with Crippen LogP contribution in [0.25, 0.3) is 0 Å². The Hall–Kier alpha value is -2.35. The van der Waals surface area contributed by atoms with E-state index in [9.17, 15) is 10.1 Å². The van der Waals surface area contributed by atoms with Crippen LogP contribution in [-0.4, -0.2) is 48.9 Å². The topological polar surface area (TPSA) is 89.2 Å². The number of nitrogens with one attached hydrogen (secondary N) is 1. The first-order valence-corrected chi connectivity index (χ1v) is 9.12. The Morgan fingerprint density at radius 3 is 2.88 bits per heavy atom. The van der Waals surface area contributed by atoms with Crippen molar-refractivity contribution in [3.63, 3.8) is 0 Å². The van der Waals surface area contributed by atoms with Crippen molar-refractivity contribution in [3.8, 4) is 11.5 Å². The average molecular weight is 362 g/mol. The van der Waals surface area contributed by atoms with Crippen molar-refractivity contribution in [1.82, 2.24) is 10.3 Å². The Morgan fingerprint density at radius 2 is 2.23 bits per heavy atom. The zero-order valence-electron chi connectivity index (χ0n) is 15.5. The molecule has 2 aliphatic rings. The summed E-state index contributed by atoms with van der Waals surface area (Å²) >= 11 is 0. The number of nitrogens with zero attached hydrogens (tertiary/aromatic N) is 3. The summed E-state index contributed by atoms with van der Waals surface area (Å²) in [5, 5.41) is 16.0. The van der Waals surface area contributed by atoms with Gasteiger partial charge >= 0.3 is 5.69 Å². The second-order valence-corrected chi connectivity index (χ2v) is 6.63. The number of piperidine rings is 1. The zero-order valence-corrected chi connectivity index (χ0v) is 15.5. The number of hydrazone groups is 1. The maximum absolute atomic E-state index is 11.5. The number of nitro benzene ring substituents is 1. The Labute approximate surface area is 153 Å². The van der Waals surface area contributed by atoms with Gasteiger partial charge in [0.15, 0.2) is 5.75 Å². The molecule has 0 saturated carbocycles. The van der Waals surface area contributed by atoms with Gasteiger partial charge in [0.05, 0.1) is 24.7 Å². The van der Waals surface area contributed by atoms with Crippen LogP contribution in [0.15, 0.2) is 17.2 Å². The van der Waals surface area contributed by atoms with Gasteiger partial charge in [0.25, 0.3) is 0 Å². The number of nitro groups is 1. The largest absolute Gasteiger partial charge is 0.490 e. The molecule has 2 heterocycles. The molecule has 0 aromatic heterocycles. The molecule has 0 amide bonds. The number of hydrogen-bond donors (Lipinski definition) is 1. The van der Waals surface area contributed by atoms with Gasteiger partial charge < -0.3 is 19.8 Å². The van der Waals surface area contributed by atoms with Gasteiger partial charge in [-0.2, -0.15) is 5.10 Å². The van der Waals surface area contributed by atoms with Crippen LogP contribution >= 0.6 is 0 Å². The van der Waals surface area contributed by atoms with Crippen LogP contribution in [0.5, 0.6) is 11.5 Å². The molecule has 3 rings (SSSR count). The molecule has 142 valence electrons.